The van der Waals surface area contributed by atoms with Crippen molar-refractivity contribution < 1.29 is 0 Å². The van der Waals surface area contributed by atoms with Gasteiger partial charge in [0.15, 0.2) is 0 Å². The van der Waals surface area contributed by atoms with Crippen molar-refractivity contribution in [1.29, 1.82) is 10.5 Å². The number of hydrogen-bond donors (Lipinski definition) is 0. The highest BCUT2D eigenvalue weighted by atomic mass is 15.1. The van der Waals surface area contributed by atoms with Crippen LogP contribution in [-0.2, 0) is 0 Å². The first-order valence-corrected chi connectivity index (χ1v) is 11.4. The second-order valence-corrected chi connectivity index (χ2v) is 8.29. The molecule has 0 saturated heterocycles. The minimum atomic E-state index is 0.294. The van der Waals surface area contributed by atoms with Gasteiger partial charge in [0.05, 0.1) is 0 Å². The minimum absolute atomic E-state index is 0.294. The van der Waals surface area contributed by atoms with E-state index in [0.717, 1.165) is 18.4 Å². The van der Waals surface area contributed by atoms with Crippen molar-refractivity contribution >= 4 is 0 Å². The molecule has 0 radical (unpaired) electrons. The van der Waals surface area contributed by atoms with E-state index in [1.54, 1.807) is 0 Å². The first-order chi connectivity index (χ1) is 13.7. The standard InChI is InChI=1S/C25H37N3/c1-3-5-7-9-15-28(16-10-8-6-4-2)25-14-13-21-11-12-22(17-23(21)18-25)24(19-26)20-27/h17-18,21H,3-16H2,1-2H3. The van der Waals surface area contributed by atoms with Crippen LogP contribution >= 0.6 is 0 Å². The van der Waals surface area contributed by atoms with Crippen molar-refractivity contribution in [3.8, 4) is 12.1 Å². The second kappa shape index (κ2) is 12.5. The molecule has 0 aromatic carbocycles. The molecule has 0 aromatic rings. The first kappa shape index (κ1) is 22.3. The van der Waals surface area contributed by atoms with Crippen molar-refractivity contribution in [2.75, 3.05) is 13.1 Å². The summed E-state index contributed by atoms with van der Waals surface area (Å²) in [5, 5.41) is 18.4. The van der Waals surface area contributed by atoms with E-state index in [-0.39, 0.29) is 0 Å². The van der Waals surface area contributed by atoms with Gasteiger partial charge in [0, 0.05) is 18.8 Å². The molecule has 0 spiro atoms. The van der Waals surface area contributed by atoms with Gasteiger partial charge in [0.2, 0.25) is 0 Å². The molecule has 3 heteroatoms. The molecule has 2 rings (SSSR count). The predicted octanol–water partition coefficient (Wildman–Crippen LogP) is 6.81. The van der Waals surface area contributed by atoms with Gasteiger partial charge in [-0.1, -0.05) is 58.4 Å². The highest BCUT2D eigenvalue weighted by Gasteiger charge is 2.26. The second-order valence-electron chi connectivity index (χ2n) is 8.29. The van der Waals surface area contributed by atoms with E-state index < -0.39 is 0 Å². The monoisotopic (exact) mass is 379 g/mol. The van der Waals surface area contributed by atoms with E-state index in [2.05, 4.69) is 43.0 Å². The van der Waals surface area contributed by atoms with E-state index in [9.17, 15) is 10.5 Å². The van der Waals surface area contributed by atoms with Gasteiger partial charge in [-0.05, 0) is 61.7 Å². The summed E-state index contributed by atoms with van der Waals surface area (Å²) in [6.45, 7) is 6.87. The van der Waals surface area contributed by atoms with Crippen LogP contribution in [0.1, 0.15) is 90.9 Å². The zero-order valence-corrected chi connectivity index (χ0v) is 18.0. The summed E-state index contributed by atoms with van der Waals surface area (Å²) in [5.41, 5.74) is 4.05. The van der Waals surface area contributed by atoms with Gasteiger partial charge in [-0.2, -0.15) is 10.5 Å². The lowest BCUT2D eigenvalue weighted by molar-refractivity contribution is 0.300. The molecule has 28 heavy (non-hydrogen) atoms. The SMILES string of the molecule is CCCCCCN(CCCCCC)C1=CC2=CC(=C(C#N)C#N)CCC2CC1. The molecule has 2 aliphatic carbocycles. The molecule has 1 unspecified atom stereocenters. The molecule has 0 amide bonds. The Bertz CT molecular complexity index is 641. The average molecular weight is 380 g/mol. The number of rotatable bonds is 11. The Morgan fingerprint density at radius 3 is 2.07 bits per heavy atom. The third-order valence-corrected chi connectivity index (χ3v) is 6.17. The Balaban J connectivity index is 2.14. The van der Waals surface area contributed by atoms with E-state index in [1.165, 1.54) is 88.6 Å². The Labute approximate surface area is 172 Å². The summed E-state index contributed by atoms with van der Waals surface area (Å²) in [6.07, 6.45) is 19.3. The number of fused-ring (bicyclic) bond motifs is 1. The van der Waals surface area contributed by atoms with Crippen LogP contribution in [0.5, 0.6) is 0 Å². The maximum atomic E-state index is 9.21. The van der Waals surface area contributed by atoms with Crippen LogP contribution in [-0.4, -0.2) is 18.0 Å². The molecule has 1 atom stereocenters. The molecule has 0 heterocycles. The van der Waals surface area contributed by atoms with Gasteiger partial charge < -0.3 is 4.90 Å². The Morgan fingerprint density at radius 1 is 0.893 bits per heavy atom. The fourth-order valence-corrected chi connectivity index (χ4v) is 4.42. The van der Waals surface area contributed by atoms with E-state index in [4.69, 9.17) is 0 Å². The highest BCUT2D eigenvalue weighted by molar-refractivity contribution is 5.49. The molecule has 0 N–H and O–H groups in total. The third kappa shape index (κ3) is 6.56. The van der Waals surface area contributed by atoms with Crippen LogP contribution in [0.2, 0.25) is 0 Å². The lowest BCUT2D eigenvalue weighted by atomic mass is 9.77. The third-order valence-electron chi connectivity index (χ3n) is 6.17. The van der Waals surface area contributed by atoms with Crippen LogP contribution in [0.25, 0.3) is 0 Å². The number of hydrogen-bond acceptors (Lipinski definition) is 3. The average Bonchev–Trinajstić information content (AvgIpc) is 2.73. The fraction of sp³-hybridized carbons (Fsp3) is 0.680. The van der Waals surface area contributed by atoms with Crippen LogP contribution in [0, 0.1) is 28.6 Å². The zero-order chi connectivity index (χ0) is 20.2. The maximum absolute atomic E-state index is 9.21. The molecule has 0 aliphatic heterocycles. The Kier molecular flexibility index (Phi) is 9.92. The predicted molar refractivity (Wildman–Crippen MR) is 116 cm³/mol. The van der Waals surface area contributed by atoms with Crippen LogP contribution in [0.3, 0.4) is 0 Å². The van der Waals surface area contributed by atoms with Gasteiger partial charge in [0.1, 0.15) is 17.7 Å². The normalized spacial score (nSPS) is 18.4. The van der Waals surface area contributed by atoms with Crippen LogP contribution < -0.4 is 0 Å². The van der Waals surface area contributed by atoms with Crippen LogP contribution in [0.4, 0.5) is 0 Å². The number of nitrogens with zero attached hydrogens (tertiary/aromatic N) is 3. The number of unbranched alkanes of at least 4 members (excludes halogenated alkanes) is 6. The van der Waals surface area contributed by atoms with E-state index >= 15 is 0 Å². The minimum Gasteiger partial charge on any atom is -0.375 e. The molecule has 2 aliphatic rings. The van der Waals surface area contributed by atoms with Gasteiger partial charge in [-0.25, -0.2) is 0 Å². The number of nitriles is 2. The molecule has 0 fully saturated rings. The first-order valence-electron chi connectivity index (χ1n) is 11.4. The Hall–Kier alpha value is -2.00. The van der Waals surface area contributed by atoms with Gasteiger partial charge in [-0.15, -0.1) is 0 Å². The molecule has 152 valence electrons. The fourth-order valence-electron chi connectivity index (χ4n) is 4.42. The molecule has 0 aromatic heterocycles. The maximum Gasteiger partial charge on any atom is 0.132 e. The molecule has 0 bridgehead atoms. The van der Waals surface area contributed by atoms with Crippen molar-refractivity contribution in [3.05, 3.63) is 34.6 Å². The summed E-state index contributed by atoms with van der Waals surface area (Å²) in [7, 11) is 0. The summed E-state index contributed by atoms with van der Waals surface area (Å²) < 4.78 is 0. The van der Waals surface area contributed by atoms with E-state index in [0.29, 0.717) is 11.5 Å². The molecule has 0 saturated carbocycles. The molecular weight excluding hydrogens is 342 g/mol. The highest BCUT2D eigenvalue weighted by Crippen LogP contribution is 2.39. The van der Waals surface area contributed by atoms with Crippen LogP contribution in [0.15, 0.2) is 34.6 Å². The summed E-state index contributed by atoms with van der Waals surface area (Å²) >= 11 is 0. The quantitative estimate of drug-likeness (QED) is 0.293. The zero-order valence-electron chi connectivity index (χ0n) is 18.0. The van der Waals surface area contributed by atoms with Crippen molar-refractivity contribution in [3.63, 3.8) is 0 Å². The largest absolute Gasteiger partial charge is 0.375 e. The van der Waals surface area contributed by atoms with E-state index in [1.807, 2.05) is 0 Å². The van der Waals surface area contributed by atoms with Crippen molar-refractivity contribution in [2.45, 2.75) is 90.9 Å². The summed E-state index contributed by atoms with van der Waals surface area (Å²) in [6, 6.07) is 4.15. The molecule has 3 nitrogen and oxygen atoms in total. The van der Waals surface area contributed by atoms with Crippen molar-refractivity contribution in [1.82, 2.24) is 4.90 Å². The number of allylic oxidation sites excluding steroid dienone is 6. The summed E-state index contributed by atoms with van der Waals surface area (Å²) in [4.78, 5) is 2.63. The lowest BCUT2D eigenvalue weighted by Crippen LogP contribution is -2.28. The van der Waals surface area contributed by atoms with Gasteiger partial charge >= 0.3 is 0 Å². The molecular formula is C25H37N3. The topological polar surface area (TPSA) is 50.8 Å². The lowest BCUT2D eigenvalue weighted by Gasteiger charge is -2.35. The van der Waals surface area contributed by atoms with Gasteiger partial charge in [-0.3, -0.25) is 0 Å². The van der Waals surface area contributed by atoms with Gasteiger partial charge in [0.25, 0.3) is 0 Å². The van der Waals surface area contributed by atoms with Crippen molar-refractivity contribution in [2.24, 2.45) is 5.92 Å². The Morgan fingerprint density at radius 2 is 1.50 bits per heavy atom. The summed E-state index contributed by atoms with van der Waals surface area (Å²) in [5.74, 6) is 0.605. The smallest absolute Gasteiger partial charge is 0.132 e.